The van der Waals surface area contributed by atoms with E-state index in [1.807, 2.05) is 6.33 Å². The van der Waals surface area contributed by atoms with Gasteiger partial charge in [-0.25, -0.2) is 15.0 Å². The van der Waals surface area contributed by atoms with Gasteiger partial charge in [-0.1, -0.05) is 36.5 Å². The lowest BCUT2D eigenvalue weighted by atomic mass is 10.2. The van der Waals surface area contributed by atoms with Crippen molar-refractivity contribution in [3.8, 4) is 11.5 Å². The smallest absolute Gasteiger partial charge is 0.180 e. The molecule has 1 fully saturated rings. The van der Waals surface area contributed by atoms with Gasteiger partial charge >= 0.3 is 0 Å². The Morgan fingerprint density at radius 3 is 2.53 bits per heavy atom. The molecule has 0 aromatic carbocycles. The fourth-order valence-corrected chi connectivity index (χ4v) is 2.70. The van der Waals surface area contributed by atoms with E-state index in [0.717, 1.165) is 24.1 Å². The molecule has 100 valence electrons. The Bertz CT molecular complexity index is 581. The van der Waals surface area contributed by atoms with Crippen LogP contribution < -0.4 is 0 Å². The molecule has 0 N–H and O–H groups in total. The van der Waals surface area contributed by atoms with E-state index in [-0.39, 0.29) is 0 Å². The summed E-state index contributed by atoms with van der Waals surface area (Å²) in [4.78, 5) is 12.9. The van der Waals surface area contributed by atoms with Gasteiger partial charge in [0.1, 0.15) is 16.0 Å². The Kier molecular flexibility index (Phi) is 3.46. The second kappa shape index (κ2) is 5.10. The van der Waals surface area contributed by atoms with Crippen LogP contribution in [0.5, 0.6) is 0 Å². The van der Waals surface area contributed by atoms with Crippen molar-refractivity contribution in [3.63, 3.8) is 0 Å². The zero-order chi connectivity index (χ0) is 13.4. The monoisotopic (exact) mass is 296 g/mol. The molecule has 0 radical (unpaired) electrons. The average molecular weight is 297 g/mol. The number of halogens is 2. The standard InChI is InChI=1S/C13H14Cl2N4/c1-2-3-9-11(14)17-13(18-12(9)15)10-6-16-7-19(10)8-4-5-8/h6-8H,2-5H2,1H3. The van der Waals surface area contributed by atoms with Crippen LogP contribution in [0.25, 0.3) is 11.5 Å². The van der Waals surface area contributed by atoms with E-state index in [2.05, 4.69) is 26.4 Å². The molecule has 19 heavy (non-hydrogen) atoms. The summed E-state index contributed by atoms with van der Waals surface area (Å²) in [6, 6.07) is 0.522. The summed E-state index contributed by atoms with van der Waals surface area (Å²) >= 11 is 12.4. The Morgan fingerprint density at radius 2 is 1.95 bits per heavy atom. The van der Waals surface area contributed by atoms with E-state index < -0.39 is 0 Å². The number of nitrogens with zero attached hydrogens (tertiary/aromatic N) is 4. The van der Waals surface area contributed by atoms with Crippen molar-refractivity contribution in [2.24, 2.45) is 0 Å². The van der Waals surface area contributed by atoms with Gasteiger partial charge in [-0.15, -0.1) is 0 Å². The van der Waals surface area contributed by atoms with Crippen molar-refractivity contribution in [2.45, 2.75) is 38.6 Å². The highest BCUT2D eigenvalue weighted by atomic mass is 35.5. The molecular weight excluding hydrogens is 283 g/mol. The van der Waals surface area contributed by atoms with Crippen molar-refractivity contribution in [1.29, 1.82) is 0 Å². The molecular formula is C13H14Cl2N4. The van der Waals surface area contributed by atoms with E-state index in [4.69, 9.17) is 23.2 Å². The maximum atomic E-state index is 6.21. The van der Waals surface area contributed by atoms with Crippen LogP contribution in [0.3, 0.4) is 0 Å². The molecule has 0 unspecified atom stereocenters. The summed E-state index contributed by atoms with van der Waals surface area (Å²) in [6.07, 6.45) is 7.69. The normalized spacial score (nSPS) is 14.9. The molecule has 0 atom stereocenters. The van der Waals surface area contributed by atoms with Crippen molar-refractivity contribution in [1.82, 2.24) is 19.5 Å². The molecule has 6 heteroatoms. The summed E-state index contributed by atoms with van der Waals surface area (Å²) in [5, 5.41) is 0.890. The van der Waals surface area contributed by atoms with Crippen LogP contribution in [-0.4, -0.2) is 19.5 Å². The van der Waals surface area contributed by atoms with Crippen LogP contribution in [0.4, 0.5) is 0 Å². The van der Waals surface area contributed by atoms with E-state index in [1.165, 1.54) is 12.8 Å². The number of hydrogen-bond acceptors (Lipinski definition) is 3. The second-order valence-electron chi connectivity index (χ2n) is 4.77. The second-order valence-corrected chi connectivity index (χ2v) is 5.49. The lowest BCUT2D eigenvalue weighted by Crippen LogP contribution is -2.02. The Balaban J connectivity index is 2.03. The lowest BCUT2D eigenvalue weighted by Gasteiger charge is -2.09. The first-order valence-electron chi connectivity index (χ1n) is 6.44. The Morgan fingerprint density at radius 1 is 1.26 bits per heavy atom. The molecule has 2 aromatic heterocycles. The van der Waals surface area contributed by atoms with Crippen molar-refractivity contribution in [3.05, 3.63) is 28.4 Å². The van der Waals surface area contributed by atoms with Crippen LogP contribution in [0.15, 0.2) is 12.5 Å². The average Bonchev–Trinajstić information content (AvgIpc) is 3.11. The number of rotatable bonds is 4. The predicted octanol–water partition coefficient (Wildman–Crippen LogP) is 3.93. The van der Waals surface area contributed by atoms with Crippen LogP contribution >= 0.6 is 23.2 Å². The zero-order valence-electron chi connectivity index (χ0n) is 10.6. The predicted molar refractivity (Wildman–Crippen MR) is 75.5 cm³/mol. The third kappa shape index (κ3) is 2.47. The topological polar surface area (TPSA) is 43.6 Å². The molecule has 2 aromatic rings. The fraction of sp³-hybridized carbons (Fsp3) is 0.462. The maximum Gasteiger partial charge on any atom is 0.180 e. The Hall–Kier alpha value is -1.13. The van der Waals surface area contributed by atoms with Gasteiger partial charge in [0.15, 0.2) is 5.82 Å². The maximum absolute atomic E-state index is 6.21. The largest absolute Gasteiger partial charge is 0.325 e. The number of imidazole rings is 1. The highest BCUT2D eigenvalue weighted by molar-refractivity contribution is 6.34. The molecule has 1 saturated carbocycles. The van der Waals surface area contributed by atoms with E-state index in [9.17, 15) is 0 Å². The molecule has 0 spiro atoms. The molecule has 0 aliphatic heterocycles. The van der Waals surface area contributed by atoms with Gasteiger partial charge in [-0.3, -0.25) is 0 Å². The van der Waals surface area contributed by atoms with Gasteiger partial charge < -0.3 is 4.57 Å². The van der Waals surface area contributed by atoms with Crippen molar-refractivity contribution >= 4 is 23.2 Å². The van der Waals surface area contributed by atoms with Crippen molar-refractivity contribution < 1.29 is 0 Å². The third-order valence-electron chi connectivity index (χ3n) is 3.24. The SMILES string of the molecule is CCCc1c(Cl)nc(-c2cncn2C2CC2)nc1Cl. The molecule has 1 aliphatic rings. The summed E-state index contributed by atoms with van der Waals surface area (Å²) in [7, 11) is 0. The van der Waals surface area contributed by atoms with E-state index in [0.29, 0.717) is 22.2 Å². The third-order valence-corrected chi connectivity index (χ3v) is 3.87. The van der Waals surface area contributed by atoms with Gasteiger partial charge in [0.05, 0.1) is 12.5 Å². The number of aromatic nitrogens is 4. The van der Waals surface area contributed by atoms with Crippen LogP contribution in [0, 0.1) is 0 Å². The highest BCUT2D eigenvalue weighted by Crippen LogP contribution is 2.38. The van der Waals surface area contributed by atoms with Gasteiger partial charge in [0.2, 0.25) is 0 Å². The molecule has 2 heterocycles. The molecule has 0 saturated heterocycles. The Labute approximate surface area is 121 Å². The minimum atomic E-state index is 0.445. The van der Waals surface area contributed by atoms with Crippen LogP contribution in [-0.2, 0) is 6.42 Å². The van der Waals surface area contributed by atoms with Crippen LogP contribution in [0.2, 0.25) is 10.3 Å². The number of hydrogen-bond donors (Lipinski definition) is 0. The molecule has 4 nitrogen and oxygen atoms in total. The molecule has 0 bridgehead atoms. The van der Waals surface area contributed by atoms with Gasteiger partial charge in [-0.2, -0.15) is 0 Å². The highest BCUT2D eigenvalue weighted by Gasteiger charge is 2.27. The van der Waals surface area contributed by atoms with Gasteiger partial charge in [0, 0.05) is 11.6 Å². The first-order valence-corrected chi connectivity index (χ1v) is 7.20. The summed E-state index contributed by atoms with van der Waals surface area (Å²) < 4.78 is 2.10. The molecule has 1 aliphatic carbocycles. The van der Waals surface area contributed by atoms with E-state index in [1.54, 1.807) is 6.20 Å². The first kappa shape index (κ1) is 12.9. The van der Waals surface area contributed by atoms with Crippen LogP contribution in [0.1, 0.15) is 37.8 Å². The van der Waals surface area contributed by atoms with Gasteiger partial charge in [-0.05, 0) is 19.3 Å². The minimum absolute atomic E-state index is 0.445. The summed E-state index contributed by atoms with van der Waals surface area (Å²) in [5.41, 5.74) is 1.71. The van der Waals surface area contributed by atoms with Gasteiger partial charge in [0.25, 0.3) is 0 Å². The minimum Gasteiger partial charge on any atom is -0.325 e. The zero-order valence-corrected chi connectivity index (χ0v) is 12.1. The molecule has 0 amide bonds. The lowest BCUT2D eigenvalue weighted by molar-refractivity contribution is 0.742. The summed E-state index contributed by atoms with van der Waals surface area (Å²) in [6.45, 7) is 2.07. The molecule has 3 rings (SSSR count). The van der Waals surface area contributed by atoms with Crippen molar-refractivity contribution in [2.75, 3.05) is 0 Å². The van der Waals surface area contributed by atoms with E-state index >= 15 is 0 Å². The summed E-state index contributed by atoms with van der Waals surface area (Å²) in [5.74, 6) is 0.555. The fourth-order valence-electron chi connectivity index (χ4n) is 2.12. The first-order chi connectivity index (χ1) is 9.20. The quantitative estimate of drug-likeness (QED) is 0.803.